The second-order valence-electron chi connectivity index (χ2n) is 9.15. The summed E-state index contributed by atoms with van der Waals surface area (Å²) in [6, 6.07) is 24.2. The van der Waals surface area contributed by atoms with E-state index in [0.29, 0.717) is 63.5 Å². The van der Waals surface area contributed by atoms with E-state index >= 15 is 0 Å². The first-order chi connectivity index (χ1) is 19.0. The van der Waals surface area contributed by atoms with Crippen molar-refractivity contribution >= 4 is 29.3 Å². The Morgan fingerprint density at radius 2 is 1.38 bits per heavy atom. The number of nitro benzene ring substituents is 1. The number of hydrogen-bond acceptors (Lipinski definition) is 6. The van der Waals surface area contributed by atoms with Gasteiger partial charge >= 0.3 is 0 Å². The van der Waals surface area contributed by atoms with E-state index in [2.05, 4.69) is 10.6 Å². The van der Waals surface area contributed by atoms with Crippen LogP contribution in [0.3, 0.4) is 0 Å². The first-order valence-electron chi connectivity index (χ1n) is 13.0. The molecule has 0 spiro atoms. The number of rotatable bonds is 11. The zero-order valence-corrected chi connectivity index (χ0v) is 21.7. The molecule has 3 aromatic rings. The number of nitrogens with zero attached hydrogens (tertiary/aromatic N) is 2. The van der Waals surface area contributed by atoms with Crippen molar-refractivity contribution < 1.29 is 19.2 Å². The van der Waals surface area contributed by atoms with Crippen molar-refractivity contribution in [2.75, 3.05) is 44.3 Å². The molecule has 1 fully saturated rings. The minimum Gasteiger partial charge on any atom is -0.378 e. The van der Waals surface area contributed by atoms with Gasteiger partial charge in [-0.3, -0.25) is 19.7 Å². The van der Waals surface area contributed by atoms with Gasteiger partial charge in [-0.25, -0.2) is 0 Å². The number of carbonyl (C=O) groups excluding carboxylic acids is 2. The fourth-order valence-electron chi connectivity index (χ4n) is 4.37. The highest BCUT2D eigenvalue weighted by atomic mass is 16.6. The zero-order valence-electron chi connectivity index (χ0n) is 21.7. The van der Waals surface area contributed by atoms with Crippen LogP contribution in [0, 0.1) is 10.1 Å². The van der Waals surface area contributed by atoms with E-state index in [-0.39, 0.29) is 11.3 Å². The molecule has 9 nitrogen and oxygen atoms in total. The van der Waals surface area contributed by atoms with Crippen LogP contribution in [0.1, 0.15) is 16.7 Å². The second-order valence-corrected chi connectivity index (χ2v) is 9.15. The standard InChI is InChI=1S/C30H32N4O5/c35-29(31-15-13-23-7-3-1-4-8-23)26(30(36)32-16-14-24-9-5-2-6-10-24)21-25-11-12-27(28(22-25)34(37)38)33-17-19-39-20-18-33/h1-12,21-22H,13-20H2,(H,31,35)(H,32,36). The Labute approximate surface area is 227 Å². The van der Waals surface area contributed by atoms with Gasteiger partial charge in [0, 0.05) is 32.2 Å². The van der Waals surface area contributed by atoms with Crippen molar-refractivity contribution in [2.24, 2.45) is 0 Å². The van der Waals surface area contributed by atoms with Crippen LogP contribution in [0.15, 0.2) is 84.4 Å². The van der Waals surface area contributed by atoms with Crippen LogP contribution in [-0.4, -0.2) is 56.1 Å². The maximum absolute atomic E-state index is 13.1. The quantitative estimate of drug-likeness (QED) is 0.129. The molecule has 0 radical (unpaired) electrons. The average Bonchev–Trinajstić information content (AvgIpc) is 2.97. The lowest BCUT2D eigenvalue weighted by molar-refractivity contribution is -0.384. The van der Waals surface area contributed by atoms with Gasteiger partial charge in [-0.1, -0.05) is 66.7 Å². The maximum atomic E-state index is 13.1. The molecule has 0 unspecified atom stereocenters. The predicted octanol–water partition coefficient (Wildman–Crippen LogP) is 3.53. The molecule has 9 heteroatoms. The van der Waals surface area contributed by atoms with Crippen LogP contribution in [0.5, 0.6) is 0 Å². The van der Waals surface area contributed by atoms with E-state index in [1.54, 1.807) is 12.1 Å². The molecule has 0 bridgehead atoms. The smallest absolute Gasteiger partial charge is 0.293 e. The molecule has 2 N–H and O–H groups in total. The van der Waals surface area contributed by atoms with Gasteiger partial charge in [0.05, 0.1) is 18.1 Å². The van der Waals surface area contributed by atoms with Gasteiger partial charge in [-0.2, -0.15) is 0 Å². The van der Waals surface area contributed by atoms with Crippen LogP contribution < -0.4 is 15.5 Å². The van der Waals surface area contributed by atoms with E-state index in [1.165, 1.54) is 12.1 Å². The molecule has 0 saturated carbocycles. The van der Waals surface area contributed by atoms with E-state index in [9.17, 15) is 19.7 Å². The van der Waals surface area contributed by atoms with Crippen molar-refractivity contribution in [3.8, 4) is 0 Å². The molecule has 39 heavy (non-hydrogen) atoms. The largest absolute Gasteiger partial charge is 0.378 e. The molecule has 0 aliphatic carbocycles. The Balaban J connectivity index is 1.53. The highest BCUT2D eigenvalue weighted by Gasteiger charge is 2.23. The summed E-state index contributed by atoms with van der Waals surface area (Å²) in [7, 11) is 0. The Hall–Kier alpha value is -4.50. The van der Waals surface area contributed by atoms with Gasteiger partial charge in [0.1, 0.15) is 11.3 Å². The summed E-state index contributed by atoms with van der Waals surface area (Å²) in [4.78, 5) is 39.7. The molecule has 1 saturated heterocycles. The highest BCUT2D eigenvalue weighted by Crippen LogP contribution is 2.30. The molecule has 0 atom stereocenters. The Kier molecular flexibility index (Phi) is 9.80. The van der Waals surface area contributed by atoms with E-state index in [4.69, 9.17) is 4.74 Å². The highest BCUT2D eigenvalue weighted by molar-refractivity contribution is 6.21. The Bertz CT molecular complexity index is 1250. The lowest BCUT2D eigenvalue weighted by atomic mass is 10.1. The van der Waals surface area contributed by atoms with E-state index in [1.807, 2.05) is 65.6 Å². The molecule has 4 rings (SSSR count). The summed E-state index contributed by atoms with van der Waals surface area (Å²) in [5.74, 6) is -1.08. The molecule has 1 aliphatic rings. The third-order valence-electron chi connectivity index (χ3n) is 6.43. The normalized spacial score (nSPS) is 12.9. The third-order valence-corrected chi connectivity index (χ3v) is 6.43. The number of hydrogen-bond donors (Lipinski definition) is 2. The summed E-state index contributed by atoms with van der Waals surface area (Å²) in [5, 5.41) is 17.5. The van der Waals surface area contributed by atoms with Crippen LogP contribution in [0.4, 0.5) is 11.4 Å². The number of benzene rings is 3. The lowest BCUT2D eigenvalue weighted by Crippen LogP contribution is -2.36. The van der Waals surface area contributed by atoms with Crippen LogP contribution in [0.25, 0.3) is 6.08 Å². The summed E-state index contributed by atoms with van der Waals surface area (Å²) >= 11 is 0. The van der Waals surface area contributed by atoms with Crippen molar-refractivity contribution in [1.29, 1.82) is 0 Å². The monoisotopic (exact) mass is 528 g/mol. The molecule has 3 aromatic carbocycles. The second kappa shape index (κ2) is 13.9. The van der Waals surface area contributed by atoms with Gasteiger partial charge in [-0.15, -0.1) is 0 Å². The maximum Gasteiger partial charge on any atom is 0.293 e. The minimum atomic E-state index is -0.539. The fourth-order valence-corrected chi connectivity index (χ4v) is 4.37. The third kappa shape index (κ3) is 7.99. The number of amides is 2. The molecule has 202 valence electrons. The van der Waals surface area contributed by atoms with Gasteiger partial charge in [0.2, 0.25) is 0 Å². The zero-order chi connectivity index (χ0) is 27.5. The van der Waals surface area contributed by atoms with Gasteiger partial charge in [0.15, 0.2) is 0 Å². The van der Waals surface area contributed by atoms with Gasteiger partial charge < -0.3 is 20.3 Å². The number of morpholine rings is 1. The summed E-state index contributed by atoms with van der Waals surface area (Å²) in [6.45, 7) is 2.77. The number of nitro groups is 1. The predicted molar refractivity (Wildman–Crippen MR) is 150 cm³/mol. The fraction of sp³-hybridized carbons (Fsp3) is 0.267. The summed E-state index contributed by atoms with van der Waals surface area (Å²) in [6.07, 6.45) is 2.62. The van der Waals surface area contributed by atoms with Crippen molar-refractivity contribution in [3.63, 3.8) is 0 Å². The summed E-state index contributed by atoms with van der Waals surface area (Å²) < 4.78 is 5.36. The first kappa shape index (κ1) is 27.5. The van der Waals surface area contributed by atoms with Crippen LogP contribution in [-0.2, 0) is 27.2 Å². The SMILES string of the molecule is O=C(NCCc1ccccc1)C(=Cc1ccc(N2CCOCC2)c([N+](=O)[O-])c1)C(=O)NCCc1ccccc1. The minimum absolute atomic E-state index is 0.0843. The van der Waals surface area contributed by atoms with Gasteiger partial charge in [-0.05, 0) is 41.7 Å². The topological polar surface area (TPSA) is 114 Å². The van der Waals surface area contributed by atoms with Crippen molar-refractivity contribution in [3.05, 3.63) is 111 Å². The lowest BCUT2D eigenvalue weighted by Gasteiger charge is -2.28. The Morgan fingerprint density at radius 3 is 1.90 bits per heavy atom. The molecule has 0 aromatic heterocycles. The molecule has 1 aliphatic heterocycles. The number of nitrogens with one attached hydrogen (secondary N) is 2. The van der Waals surface area contributed by atoms with Crippen LogP contribution >= 0.6 is 0 Å². The van der Waals surface area contributed by atoms with Crippen LogP contribution in [0.2, 0.25) is 0 Å². The van der Waals surface area contributed by atoms with Crippen molar-refractivity contribution in [2.45, 2.75) is 12.8 Å². The van der Waals surface area contributed by atoms with E-state index in [0.717, 1.165) is 11.1 Å². The first-order valence-corrected chi connectivity index (χ1v) is 13.0. The Morgan fingerprint density at radius 1 is 0.846 bits per heavy atom. The molecular formula is C30H32N4O5. The van der Waals surface area contributed by atoms with Gasteiger partial charge in [0.25, 0.3) is 17.5 Å². The van der Waals surface area contributed by atoms with E-state index < -0.39 is 16.7 Å². The summed E-state index contributed by atoms with van der Waals surface area (Å²) in [5.41, 5.74) is 2.81. The molecular weight excluding hydrogens is 496 g/mol. The number of anilines is 1. The number of ether oxygens (including phenoxy) is 1. The molecule has 1 heterocycles. The number of carbonyl (C=O) groups is 2. The molecule has 2 amide bonds. The van der Waals surface area contributed by atoms with Crippen molar-refractivity contribution in [1.82, 2.24) is 10.6 Å². The average molecular weight is 529 g/mol.